The summed E-state index contributed by atoms with van der Waals surface area (Å²) in [4.78, 5) is 33.8. The van der Waals surface area contributed by atoms with Crippen LogP contribution in [0, 0.1) is 18.3 Å². The average Bonchev–Trinajstić information content (AvgIpc) is 2.80. The zero-order chi connectivity index (χ0) is 22.4. The van der Waals surface area contributed by atoms with Crippen LogP contribution in [0.5, 0.6) is 0 Å². The molecule has 160 valence electrons. The van der Waals surface area contributed by atoms with E-state index in [1.165, 1.54) is 12.4 Å². The van der Waals surface area contributed by atoms with Crippen molar-refractivity contribution in [1.29, 1.82) is 5.26 Å². The Bertz CT molecular complexity index is 1030. The van der Waals surface area contributed by atoms with Crippen molar-refractivity contribution in [1.82, 2.24) is 14.8 Å². The Kier molecular flexibility index (Phi) is 7.00. The van der Waals surface area contributed by atoms with E-state index in [1.54, 1.807) is 30.3 Å². The maximum Gasteiger partial charge on any atom is 0.258 e. The highest BCUT2D eigenvalue weighted by Gasteiger charge is 2.22. The van der Waals surface area contributed by atoms with Crippen molar-refractivity contribution in [3.63, 3.8) is 0 Å². The monoisotopic (exact) mass is 418 g/mol. The molecule has 0 radical (unpaired) electrons. The first kappa shape index (κ1) is 22.0. The standard InChI is InChI=1S/C23H26N6O2/c1-3-28-8-10-29(11-9-28)23(31)18-5-7-21(26-15-18)27-22(30)20(14-25)19-6-4-17(13-24)12-16(19)2/h4-7,12,14-15H,3,8-11,25H2,1-2H3,(H,26,27,30). The average molecular weight is 419 g/mol. The number of likely N-dealkylation sites (N-methyl/N-ethyl adjacent to an activating group) is 1. The van der Waals surface area contributed by atoms with E-state index < -0.39 is 5.91 Å². The Balaban J connectivity index is 1.67. The largest absolute Gasteiger partial charge is 0.404 e. The molecule has 0 saturated carbocycles. The number of rotatable bonds is 5. The second-order valence-corrected chi connectivity index (χ2v) is 7.33. The van der Waals surface area contributed by atoms with Crippen LogP contribution in [0.15, 0.2) is 42.7 Å². The number of nitriles is 1. The number of nitrogens with zero attached hydrogens (tertiary/aromatic N) is 4. The number of nitrogens with two attached hydrogens (primary N) is 1. The highest BCUT2D eigenvalue weighted by Crippen LogP contribution is 2.21. The van der Waals surface area contributed by atoms with E-state index in [-0.39, 0.29) is 11.5 Å². The quantitative estimate of drug-likeness (QED) is 0.718. The van der Waals surface area contributed by atoms with Crippen LogP contribution >= 0.6 is 0 Å². The SMILES string of the molecule is CCN1CCN(C(=O)c2ccc(NC(=O)C(=CN)c3ccc(C#N)cc3C)nc2)CC1. The summed E-state index contributed by atoms with van der Waals surface area (Å²) in [6.07, 6.45) is 2.71. The highest BCUT2D eigenvalue weighted by atomic mass is 16.2. The normalized spacial score (nSPS) is 14.7. The first-order chi connectivity index (χ1) is 15.0. The summed E-state index contributed by atoms with van der Waals surface area (Å²) in [5.41, 5.74) is 8.38. The van der Waals surface area contributed by atoms with Gasteiger partial charge >= 0.3 is 0 Å². The first-order valence-corrected chi connectivity index (χ1v) is 10.2. The van der Waals surface area contributed by atoms with E-state index in [0.29, 0.717) is 35.6 Å². The second kappa shape index (κ2) is 9.87. The lowest BCUT2D eigenvalue weighted by Crippen LogP contribution is -2.48. The van der Waals surface area contributed by atoms with Gasteiger partial charge in [-0.15, -0.1) is 0 Å². The number of hydrogen-bond acceptors (Lipinski definition) is 6. The van der Waals surface area contributed by atoms with Crippen molar-refractivity contribution in [2.45, 2.75) is 13.8 Å². The van der Waals surface area contributed by atoms with Gasteiger partial charge in [0.25, 0.3) is 11.8 Å². The summed E-state index contributed by atoms with van der Waals surface area (Å²) in [6.45, 7) is 8.03. The lowest BCUT2D eigenvalue weighted by molar-refractivity contribution is -0.111. The summed E-state index contributed by atoms with van der Waals surface area (Å²) in [7, 11) is 0. The Morgan fingerprint density at radius 2 is 1.97 bits per heavy atom. The number of aromatic nitrogens is 1. The van der Waals surface area contributed by atoms with Crippen LogP contribution in [-0.2, 0) is 4.79 Å². The van der Waals surface area contributed by atoms with Gasteiger partial charge in [0, 0.05) is 38.6 Å². The molecular formula is C23H26N6O2. The zero-order valence-corrected chi connectivity index (χ0v) is 17.8. The van der Waals surface area contributed by atoms with E-state index in [9.17, 15) is 9.59 Å². The maximum atomic E-state index is 12.7. The lowest BCUT2D eigenvalue weighted by Gasteiger charge is -2.34. The fourth-order valence-electron chi connectivity index (χ4n) is 3.55. The molecule has 8 nitrogen and oxygen atoms in total. The summed E-state index contributed by atoms with van der Waals surface area (Å²) in [5.74, 6) is -0.155. The third kappa shape index (κ3) is 5.08. The lowest BCUT2D eigenvalue weighted by atomic mass is 9.98. The number of nitrogens with one attached hydrogen (secondary N) is 1. The van der Waals surface area contributed by atoms with Crippen molar-refractivity contribution in [2.75, 3.05) is 38.0 Å². The molecule has 0 aliphatic carbocycles. The molecule has 0 unspecified atom stereocenters. The van der Waals surface area contributed by atoms with Crippen molar-refractivity contribution in [3.05, 3.63) is 65.0 Å². The Labute approximate surface area is 182 Å². The van der Waals surface area contributed by atoms with Crippen molar-refractivity contribution >= 4 is 23.2 Å². The summed E-state index contributed by atoms with van der Waals surface area (Å²) in [6, 6.07) is 10.4. The van der Waals surface area contributed by atoms with Crippen LogP contribution in [0.2, 0.25) is 0 Å². The van der Waals surface area contributed by atoms with E-state index >= 15 is 0 Å². The Morgan fingerprint density at radius 1 is 1.23 bits per heavy atom. The van der Waals surface area contributed by atoms with Gasteiger partial charge in [-0.1, -0.05) is 13.0 Å². The molecule has 0 bridgehead atoms. The molecule has 0 atom stereocenters. The van der Waals surface area contributed by atoms with E-state index in [0.717, 1.165) is 25.2 Å². The maximum absolute atomic E-state index is 12.7. The fourth-order valence-corrected chi connectivity index (χ4v) is 3.55. The number of anilines is 1. The predicted octanol–water partition coefficient (Wildman–Crippen LogP) is 1.98. The number of hydrogen-bond donors (Lipinski definition) is 2. The molecule has 1 fully saturated rings. The van der Waals surface area contributed by atoms with Gasteiger partial charge in [0.1, 0.15) is 5.82 Å². The summed E-state index contributed by atoms with van der Waals surface area (Å²) in [5, 5.41) is 11.7. The number of piperazine rings is 1. The molecule has 1 aliphatic rings. The predicted molar refractivity (Wildman–Crippen MR) is 119 cm³/mol. The van der Waals surface area contributed by atoms with Gasteiger partial charge in [-0.3, -0.25) is 9.59 Å². The minimum atomic E-state index is -0.419. The minimum absolute atomic E-state index is 0.0584. The molecule has 1 aliphatic heterocycles. The molecule has 2 aromatic rings. The van der Waals surface area contributed by atoms with Crippen LogP contribution < -0.4 is 11.1 Å². The first-order valence-electron chi connectivity index (χ1n) is 10.2. The molecule has 1 aromatic carbocycles. The smallest absolute Gasteiger partial charge is 0.258 e. The third-order valence-corrected chi connectivity index (χ3v) is 5.42. The molecule has 3 rings (SSSR count). The molecule has 31 heavy (non-hydrogen) atoms. The zero-order valence-electron chi connectivity index (χ0n) is 17.8. The molecule has 0 spiro atoms. The molecule has 8 heteroatoms. The van der Waals surface area contributed by atoms with Crippen molar-refractivity contribution < 1.29 is 9.59 Å². The van der Waals surface area contributed by atoms with Crippen LogP contribution in [0.4, 0.5) is 5.82 Å². The molecule has 3 N–H and O–H groups in total. The van der Waals surface area contributed by atoms with Gasteiger partial charge in [0.2, 0.25) is 0 Å². The van der Waals surface area contributed by atoms with Crippen LogP contribution in [0.1, 0.15) is 34.0 Å². The van der Waals surface area contributed by atoms with Crippen LogP contribution in [-0.4, -0.2) is 59.3 Å². The van der Waals surface area contributed by atoms with Gasteiger partial charge in [-0.05, 0) is 48.9 Å². The van der Waals surface area contributed by atoms with Crippen LogP contribution in [0.3, 0.4) is 0 Å². The minimum Gasteiger partial charge on any atom is -0.404 e. The molecular weight excluding hydrogens is 392 g/mol. The van der Waals surface area contributed by atoms with Gasteiger partial charge < -0.3 is 20.9 Å². The second-order valence-electron chi connectivity index (χ2n) is 7.33. The number of benzene rings is 1. The van der Waals surface area contributed by atoms with E-state index in [2.05, 4.69) is 28.2 Å². The van der Waals surface area contributed by atoms with Gasteiger partial charge in [-0.25, -0.2) is 4.98 Å². The number of pyridine rings is 1. The molecule has 1 saturated heterocycles. The Morgan fingerprint density at radius 3 is 2.52 bits per heavy atom. The molecule has 1 aromatic heterocycles. The topological polar surface area (TPSA) is 115 Å². The molecule has 2 heterocycles. The Hall–Kier alpha value is -3.70. The number of carbonyl (C=O) groups excluding carboxylic acids is 2. The summed E-state index contributed by atoms with van der Waals surface area (Å²) < 4.78 is 0. The van der Waals surface area contributed by atoms with Crippen LogP contribution in [0.25, 0.3) is 5.57 Å². The van der Waals surface area contributed by atoms with E-state index in [1.807, 2.05) is 11.8 Å². The van der Waals surface area contributed by atoms with Gasteiger partial charge in [-0.2, -0.15) is 5.26 Å². The fraction of sp³-hybridized carbons (Fsp3) is 0.304. The van der Waals surface area contributed by atoms with Crippen molar-refractivity contribution in [3.8, 4) is 6.07 Å². The molecule has 2 amide bonds. The highest BCUT2D eigenvalue weighted by molar-refractivity contribution is 6.25. The third-order valence-electron chi connectivity index (χ3n) is 5.42. The summed E-state index contributed by atoms with van der Waals surface area (Å²) >= 11 is 0. The number of carbonyl (C=O) groups is 2. The van der Waals surface area contributed by atoms with Gasteiger partial charge in [0.15, 0.2) is 0 Å². The van der Waals surface area contributed by atoms with Crippen molar-refractivity contribution in [2.24, 2.45) is 5.73 Å². The van der Waals surface area contributed by atoms with E-state index in [4.69, 9.17) is 11.0 Å². The number of amides is 2. The van der Waals surface area contributed by atoms with Gasteiger partial charge in [0.05, 0.1) is 22.8 Å². The number of aryl methyl sites for hydroxylation is 1.